The second kappa shape index (κ2) is 5.26. The highest BCUT2D eigenvalue weighted by molar-refractivity contribution is 6.01. The Labute approximate surface area is 97.0 Å². The molecule has 0 amide bonds. The molecule has 0 heterocycles. The first-order chi connectivity index (χ1) is 7.99. The number of ketones is 1. The lowest BCUT2D eigenvalue weighted by Gasteiger charge is -2.06. The summed E-state index contributed by atoms with van der Waals surface area (Å²) in [6, 6.07) is 2.44. The first-order valence-corrected chi connectivity index (χ1v) is 4.85. The van der Waals surface area contributed by atoms with Crippen molar-refractivity contribution in [3.05, 3.63) is 27.8 Å². The molecular formula is C10H12N2O5. The van der Waals surface area contributed by atoms with Crippen LogP contribution in [0.15, 0.2) is 12.1 Å². The standard InChI is InChI=1S/C10H12N2O5/c1-2-17-5-8(13)6-3-4-7(11)9(10(6)14)12(15)16/h3-4,14H,2,5,11H2,1H3. The molecule has 7 heteroatoms. The van der Waals surface area contributed by atoms with Crippen LogP contribution >= 0.6 is 0 Å². The van der Waals surface area contributed by atoms with Gasteiger partial charge in [-0.05, 0) is 19.1 Å². The average molecular weight is 240 g/mol. The van der Waals surface area contributed by atoms with E-state index in [1.807, 2.05) is 0 Å². The summed E-state index contributed by atoms with van der Waals surface area (Å²) in [5.74, 6) is -1.26. The van der Waals surface area contributed by atoms with E-state index >= 15 is 0 Å². The Morgan fingerprint density at radius 1 is 1.59 bits per heavy atom. The fourth-order valence-corrected chi connectivity index (χ4v) is 1.28. The van der Waals surface area contributed by atoms with Crippen LogP contribution in [0.5, 0.6) is 5.75 Å². The zero-order valence-corrected chi connectivity index (χ0v) is 9.17. The lowest BCUT2D eigenvalue weighted by atomic mass is 10.1. The highest BCUT2D eigenvalue weighted by Gasteiger charge is 2.24. The highest BCUT2D eigenvalue weighted by Crippen LogP contribution is 2.35. The van der Waals surface area contributed by atoms with Gasteiger partial charge in [0.25, 0.3) is 0 Å². The van der Waals surface area contributed by atoms with Crippen LogP contribution < -0.4 is 5.73 Å². The van der Waals surface area contributed by atoms with Crippen LogP contribution in [0.3, 0.4) is 0 Å². The van der Waals surface area contributed by atoms with Gasteiger partial charge in [0.2, 0.25) is 5.75 Å². The third kappa shape index (κ3) is 2.70. The van der Waals surface area contributed by atoms with Crippen LogP contribution in [-0.2, 0) is 4.74 Å². The maximum atomic E-state index is 11.6. The molecule has 17 heavy (non-hydrogen) atoms. The van der Waals surface area contributed by atoms with E-state index in [1.54, 1.807) is 6.92 Å². The fraction of sp³-hybridized carbons (Fsp3) is 0.300. The van der Waals surface area contributed by atoms with E-state index in [0.717, 1.165) is 0 Å². The number of phenolic OH excluding ortho intramolecular Hbond substituents is 1. The monoisotopic (exact) mass is 240 g/mol. The molecule has 0 spiro atoms. The third-order valence-electron chi connectivity index (χ3n) is 2.10. The second-order valence-corrected chi connectivity index (χ2v) is 3.22. The zero-order chi connectivity index (χ0) is 13.0. The van der Waals surface area contributed by atoms with Gasteiger partial charge in [0.1, 0.15) is 12.3 Å². The summed E-state index contributed by atoms with van der Waals surface area (Å²) < 4.78 is 4.87. The van der Waals surface area contributed by atoms with E-state index in [2.05, 4.69) is 0 Å². The second-order valence-electron chi connectivity index (χ2n) is 3.22. The molecule has 3 N–H and O–H groups in total. The maximum absolute atomic E-state index is 11.6. The number of anilines is 1. The number of rotatable bonds is 5. The molecule has 0 unspecified atom stereocenters. The number of carbonyl (C=O) groups excluding carboxylic acids is 1. The summed E-state index contributed by atoms with van der Waals surface area (Å²) in [6.45, 7) is 1.80. The van der Waals surface area contributed by atoms with E-state index in [1.165, 1.54) is 12.1 Å². The molecule has 0 saturated carbocycles. The average Bonchev–Trinajstić information content (AvgIpc) is 2.25. The van der Waals surface area contributed by atoms with Crippen LogP contribution in [0.2, 0.25) is 0 Å². The molecule has 0 saturated heterocycles. The van der Waals surface area contributed by atoms with Crippen molar-refractivity contribution in [1.29, 1.82) is 0 Å². The summed E-state index contributed by atoms with van der Waals surface area (Å²) in [6.07, 6.45) is 0. The minimum Gasteiger partial charge on any atom is -0.502 e. The summed E-state index contributed by atoms with van der Waals surface area (Å²) in [7, 11) is 0. The van der Waals surface area contributed by atoms with Gasteiger partial charge in [0, 0.05) is 6.61 Å². The van der Waals surface area contributed by atoms with Crippen molar-refractivity contribution in [2.24, 2.45) is 0 Å². The number of phenols is 1. The van der Waals surface area contributed by atoms with Crippen LogP contribution in [-0.4, -0.2) is 29.0 Å². The summed E-state index contributed by atoms with van der Waals surface area (Å²) in [4.78, 5) is 21.4. The van der Waals surface area contributed by atoms with Gasteiger partial charge in [-0.15, -0.1) is 0 Å². The molecule has 0 atom stereocenters. The van der Waals surface area contributed by atoms with Crippen LogP contribution in [0.25, 0.3) is 0 Å². The number of nitro benzene ring substituents is 1. The minimum absolute atomic E-state index is 0.167. The number of nitro groups is 1. The predicted octanol–water partition coefficient (Wildman–Crippen LogP) is 1.10. The Bertz CT molecular complexity index is 458. The maximum Gasteiger partial charge on any atom is 0.334 e. The van der Waals surface area contributed by atoms with Gasteiger partial charge in [-0.3, -0.25) is 14.9 Å². The number of benzene rings is 1. The molecule has 0 aliphatic carbocycles. The first kappa shape index (κ1) is 12.9. The topological polar surface area (TPSA) is 116 Å². The first-order valence-electron chi connectivity index (χ1n) is 4.85. The van der Waals surface area contributed by atoms with Crippen LogP contribution in [0.1, 0.15) is 17.3 Å². The Hall–Kier alpha value is -2.15. The highest BCUT2D eigenvalue weighted by atomic mass is 16.6. The molecule has 0 radical (unpaired) electrons. The van der Waals surface area contributed by atoms with Crippen molar-refractivity contribution in [2.75, 3.05) is 18.9 Å². The van der Waals surface area contributed by atoms with Crippen molar-refractivity contribution in [1.82, 2.24) is 0 Å². The normalized spacial score (nSPS) is 10.2. The predicted molar refractivity (Wildman–Crippen MR) is 60.0 cm³/mol. The molecule has 1 aromatic carbocycles. The molecule has 92 valence electrons. The molecule has 0 bridgehead atoms. The Morgan fingerprint density at radius 2 is 2.24 bits per heavy atom. The van der Waals surface area contributed by atoms with E-state index in [9.17, 15) is 20.0 Å². The lowest BCUT2D eigenvalue weighted by Crippen LogP contribution is -2.10. The molecule has 7 nitrogen and oxygen atoms in total. The van der Waals surface area contributed by atoms with E-state index in [4.69, 9.17) is 10.5 Å². The molecule has 0 aromatic heterocycles. The number of nitrogens with two attached hydrogens (primary N) is 1. The molecule has 0 aliphatic rings. The van der Waals surface area contributed by atoms with Crippen molar-refractivity contribution in [2.45, 2.75) is 6.92 Å². The van der Waals surface area contributed by atoms with Crippen molar-refractivity contribution in [3.63, 3.8) is 0 Å². The van der Waals surface area contributed by atoms with Gasteiger partial charge in [-0.1, -0.05) is 0 Å². The molecular weight excluding hydrogens is 228 g/mol. The SMILES string of the molecule is CCOCC(=O)c1ccc(N)c([N+](=O)[O-])c1O. The van der Waals surface area contributed by atoms with Crippen molar-refractivity contribution in [3.8, 4) is 5.75 Å². The van der Waals surface area contributed by atoms with E-state index in [-0.39, 0.29) is 17.9 Å². The molecule has 1 aromatic rings. The molecule has 0 aliphatic heterocycles. The largest absolute Gasteiger partial charge is 0.502 e. The minimum atomic E-state index is -0.831. The quantitative estimate of drug-likeness (QED) is 0.344. The summed E-state index contributed by atoms with van der Waals surface area (Å²) in [5, 5.41) is 20.3. The lowest BCUT2D eigenvalue weighted by molar-refractivity contribution is -0.384. The van der Waals surface area contributed by atoms with Crippen molar-refractivity contribution >= 4 is 17.2 Å². The fourth-order valence-electron chi connectivity index (χ4n) is 1.28. The zero-order valence-electron chi connectivity index (χ0n) is 9.17. The van der Waals surface area contributed by atoms with Gasteiger partial charge in [0.15, 0.2) is 5.78 Å². The molecule has 1 rings (SSSR count). The third-order valence-corrected chi connectivity index (χ3v) is 2.10. The van der Waals surface area contributed by atoms with Gasteiger partial charge in [-0.25, -0.2) is 0 Å². The smallest absolute Gasteiger partial charge is 0.334 e. The van der Waals surface area contributed by atoms with E-state index in [0.29, 0.717) is 6.61 Å². The van der Waals surface area contributed by atoms with Gasteiger partial charge < -0.3 is 15.6 Å². The van der Waals surface area contributed by atoms with Gasteiger partial charge >= 0.3 is 5.69 Å². The van der Waals surface area contributed by atoms with Crippen LogP contribution in [0.4, 0.5) is 11.4 Å². The van der Waals surface area contributed by atoms with Crippen LogP contribution in [0, 0.1) is 10.1 Å². The summed E-state index contributed by atoms with van der Waals surface area (Å²) in [5.41, 5.74) is 4.33. The summed E-state index contributed by atoms with van der Waals surface area (Å²) >= 11 is 0. The van der Waals surface area contributed by atoms with E-state index < -0.39 is 22.1 Å². The van der Waals surface area contributed by atoms with Crippen molar-refractivity contribution < 1.29 is 19.6 Å². The number of hydrogen-bond acceptors (Lipinski definition) is 6. The molecule has 0 fully saturated rings. The number of hydrogen-bond donors (Lipinski definition) is 2. The number of nitrogen functional groups attached to an aromatic ring is 1. The number of nitrogens with zero attached hydrogens (tertiary/aromatic N) is 1. The number of carbonyl (C=O) groups is 1. The number of aromatic hydroxyl groups is 1. The Kier molecular flexibility index (Phi) is 4.00. The van der Waals surface area contributed by atoms with Gasteiger partial charge in [-0.2, -0.15) is 0 Å². The Morgan fingerprint density at radius 3 is 2.76 bits per heavy atom. The van der Waals surface area contributed by atoms with Gasteiger partial charge in [0.05, 0.1) is 10.5 Å². The Balaban J connectivity index is 3.14. The number of Topliss-reactive ketones (excluding diaryl/α,β-unsaturated/α-hetero) is 1. The number of ether oxygens (including phenoxy) is 1.